The molecule has 0 aliphatic rings. The van der Waals surface area contributed by atoms with E-state index in [4.69, 9.17) is 0 Å². The second-order valence-corrected chi connectivity index (χ2v) is 8.30. The summed E-state index contributed by atoms with van der Waals surface area (Å²) in [5, 5.41) is 6.43. The molecule has 0 aromatic carbocycles. The van der Waals surface area contributed by atoms with E-state index in [0.717, 1.165) is 12.5 Å². The molecule has 6 heteroatoms. The van der Waals surface area contributed by atoms with Gasteiger partial charge < -0.3 is 10.6 Å². The van der Waals surface area contributed by atoms with E-state index in [1.807, 2.05) is 20.8 Å². The quantitative estimate of drug-likeness (QED) is 0.549. The van der Waals surface area contributed by atoms with E-state index in [9.17, 15) is 8.42 Å². The van der Waals surface area contributed by atoms with Crippen LogP contribution >= 0.6 is 0 Å². The highest BCUT2D eigenvalue weighted by Crippen LogP contribution is 2.21. The zero-order valence-corrected chi connectivity index (χ0v) is 13.9. The van der Waals surface area contributed by atoms with Crippen LogP contribution in [0.25, 0.3) is 0 Å². The Labute approximate surface area is 118 Å². The van der Waals surface area contributed by atoms with Gasteiger partial charge in [0.1, 0.15) is 9.84 Å². The van der Waals surface area contributed by atoms with Crippen LogP contribution in [0.15, 0.2) is 4.99 Å². The monoisotopic (exact) mass is 291 g/mol. The first-order valence-corrected chi connectivity index (χ1v) is 8.84. The lowest BCUT2D eigenvalue weighted by molar-refractivity contribution is 0.365. The predicted molar refractivity (Wildman–Crippen MR) is 82.4 cm³/mol. The molecule has 0 heterocycles. The van der Waals surface area contributed by atoms with Gasteiger partial charge in [0.05, 0.1) is 5.75 Å². The van der Waals surface area contributed by atoms with Crippen LogP contribution in [0.1, 0.15) is 41.0 Å². The molecule has 0 bridgehead atoms. The molecule has 2 N–H and O–H groups in total. The molecule has 0 radical (unpaired) electrons. The van der Waals surface area contributed by atoms with E-state index in [1.54, 1.807) is 0 Å². The fraction of sp³-hybridized carbons (Fsp3) is 0.923. The molecule has 0 fully saturated rings. The van der Waals surface area contributed by atoms with Crippen molar-refractivity contribution in [2.24, 2.45) is 10.4 Å². The van der Waals surface area contributed by atoms with Gasteiger partial charge in [0.15, 0.2) is 5.96 Å². The van der Waals surface area contributed by atoms with Crippen molar-refractivity contribution in [1.29, 1.82) is 0 Å². The summed E-state index contributed by atoms with van der Waals surface area (Å²) in [5.74, 6) is 0.994. The molecule has 0 saturated carbocycles. The normalized spacial score (nSPS) is 13.7. The Kier molecular flexibility index (Phi) is 7.41. The average molecular weight is 291 g/mol. The van der Waals surface area contributed by atoms with Crippen molar-refractivity contribution in [2.75, 3.05) is 25.1 Å². The van der Waals surface area contributed by atoms with Gasteiger partial charge in [0.25, 0.3) is 0 Å². The molecule has 0 unspecified atom stereocenters. The summed E-state index contributed by atoms with van der Waals surface area (Å²) in [6, 6.07) is 0.317. The zero-order valence-electron chi connectivity index (χ0n) is 13.1. The second-order valence-electron chi connectivity index (χ2n) is 6.04. The lowest BCUT2D eigenvalue weighted by atomic mass is 9.90. The van der Waals surface area contributed by atoms with Gasteiger partial charge in [0, 0.05) is 25.4 Å². The van der Waals surface area contributed by atoms with E-state index in [-0.39, 0.29) is 11.2 Å². The standard InChI is InChI=1S/C13H29N3O2S/c1-7-14-12(16-11(2)3)15-10-13(4,5)8-9-19(6,17)18/h11H,7-10H2,1-6H3,(H2,14,15,16). The van der Waals surface area contributed by atoms with Gasteiger partial charge in [-0.05, 0) is 32.6 Å². The summed E-state index contributed by atoms with van der Waals surface area (Å²) in [7, 11) is -2.90. The topological polar surface area (TPSA) is 70.6 Å². The minimum atomic E-state index is -2.90. The average Bonchev–Trinajstić information content (AvgIpc) is 2.22. The highest BCUT2D eigenvalue weighted by Gasteiger charge is 2.20. The first kappa shape index (κ1) is 18.2. The predicted octanol–water partition coefficient (Wildman–Crippen LogP) is 1.41. The van der Waals surface area contributed by atoms with E-state index < -0.39 is 9.84 Å². The fourth-order valence-corrected chi connectivity index (χ4v) is 2.35. The number of sulfone groups is 1. The third-order valence-electron chi connectivity index (χ3n) is 2.58. The molecular weight excluding hydrogens is 262 g/mol. The summed E-state index contributed by atoms with van der Waals surface area (Å²) < 4.78 is 22.4. The van der Waals surface area contributed by atoms with E-state index in [0.29, 0.717) is 19.0 Å². The Balaban J connectivity index is 4.51. The van der Waals surface area contributed by atoms with Crippen LogP contribution in [0, 0.1) is 5.41 Å². The third-order valence-corrected chi connectivity index (χ3v) is 3.53. The van der Waals surface area contributed by atoms with Crippen LogP contribution in [0.5, 0.6) is 0 Å². The van der Waals surface area contributed by atoms with Crippen LogP contribution in [-0.4, -0.2) is 45.5 Å². The number of hydrogen-bond acceptors (Lipinski definition) is 3. The summed E-state index contributed by atoms with van der Waals surface area (Å²) >= 11 is 0. The fourth-order valence-electron chi connectivity index (χ4n) is 1.43. The van der Waals surface area contributed by atoms with Crippen molar-refractivity contribution in [2.45, 2.75) is 47.1 Å². The van der Waals surface area contributed by atoms with Crippen molar-refractivity contribution in [3.8, 4) is 0 Å². The maximum absolute atomic E-state index is 11.2. The molecule has 0 aromatic heterocycles. The molecule has 0 aromatic rings. The summed E-state index contributed by atoms with van der Waals surface area (Å²) in [6.45, 7) is 11.6. The lowest BCUT2D eigenvalue weighted by Crippen LogP contribution is -2.41. The first-order valence-electron chi connectivity index (χ1n) is 6.78. The van der Waals surface area contributed by atoms with E-state index in [2.05, 4.69) is 29.5 Å². The van der Waals surface area contributed by atoms with Crippen molar-refractivity contribution in [3.05, 3.63) is 0 Å². The molecule has 0 amide bonds. The maximum atomic E-state index is 11.2. The van der Waals surface area contributed by atoms with Gasteiger partial charge in [-0.15, -0.1) is 0 Å². The van der Waals surface area contributed by atoms with Crippen molar-refractivity contribution >= 4 is 15.8 Å². The molecule has 0 aliphatic heterocycles. The number of nitrogens with one attached hydrogen (secondary N) is 2. The third kappa shape index (κ3) is 10.8. The Hall–Kier alpha value is -0.780. The van der Waals surface area contributed by atoms with E-state index >= 15 is 0 Å². The summed E-state index contributed by atoms with van der Waals surface area (Å²) in [5.41, 5.74) is -0.123. The van der Waals surface area contributed by atoms with Gasteiger partial charge in [-0.2, -0.15) is 0 Å². The van der Waals surface area contributed by atoms with Crippen LogP contribution < -0.4 is 10.6 Å². The van der Waals surface area contributed by atoms with Crippen molar-refractivity contribution in [3.63, 3.8) is 0 Å². The first-order chi connectivity index (χ1) is 8.56. The maximum Gasteiger partial charge on any atom is 0.191 e. The SMILES string of the molecule is CCNC(=NCC(C)(C)CCS(C)(=O)=O)NC(C)C. The number of nitrogens with zero attached hydrogens (tertiary/aromatic N) is 1. The molecule has 0 rings (SSSR count). The highest BCUT2D eigenvalue weighted by atomic mass is 32.2. The molecule has 5 nitrogen and oxygen atoms in total. The summed E-state index contributed by atoms with van der Waals surface area (Å²) in [6.07, 6.45) is 1.90. The van der Waals surface area contributed by atoms with Gasteiger partial charge in [-0.1, -0.05) is 13.8 Å². The zero-order chi connectivity index (χ0) is 15.1. The molecule has 0 saturated heterocycles. The van der Waals surface area contributed by atoms with E-state index in [1.165, 1.54) is 6.26 Å². The van der Waals surface area contributed by atoms with Crippen LogP contribution in [0.4, 0.5) is 0 Å². The minimum Gasteiger partial charge on any atom is -0.357 e. The largest absolute Gasteiger partial charge is 0.357 e. The molecule has 114 valence electrons. The highest BCUT2D eigenvalue weighted by molar-refractivity contribution is 7.90. The number of rotatable bonds is 7. The van der Waals surface area contributed by atoms with Gasteiger partial charge in [0.2, 0.25) is 0 Å². The second kappa shape index (κ2) is 7.72. The molecular formula is C13H29N3O2S. The number of hydrogen-bond donors (Lipinski definition) is 2. The molecule has 19 heavy (non-hydrogen) atoms. The van der Waals surface area contributed by atoms with Crippen LogP contribution in [0.3, 0.4) is 0 Å². The number of aliphatic imine (C=N–C) groups is 1. The Morgan fingerprint density at radius 1 is 1.32 bits per heavy atom. The van der Waals surface area contributed by atoms with Crippen molar-refractivity contribution < 1.29 is 8.42 Å². The van der Waals surface area contributed by atoms with Gasteiger partial charge in [-0.3, -0.25) is 4.99 Å². The lowest BCUT2D eigenvalue weighted by Gasteiger charge is -2.23. The minimum absolute atomic E-state index is 0.123. The summed E-state index contributed by atoms with van der Waals surface area (Å²) in [4.78, 5) is 4.53. The van der Waals surface area contributed by atoms with Crippen LogP contribution in [0.2, 0.25) is 0 Å². The Morgan fingerprint density at radius 3 is 2.32 bits per heavy atom. The van der Waals surface area contributed by atoms with Gasteiger partial charge >= 0.3 is 0 Å². The Morgan fingerprint density at radius 2 is 1.89 bits per heavy atom. The van der Waals surface area contributed by atoms with Gasteiger partial charge in [-0.25, -0.2) is 8.42 Å². The Bertz CT molecular complexity index is 387. The smallest absolute Gasteiger partial charge is 0.191 e. The van der Waals surface area contributed by atoms with Crippen molar-refractivity contribution in [1.82, 2.24) is 10.6 Å². The molecule has 0 aliphatic carbocycles. The number of guanidine groups is 1. The molecule has 0 spiro atoms. The molecule has 0 atom stereocenters. The van der Waals surface area contributed by atoms with Crippen LogP contribution in [-0.2, 0) is 9.84 Å².